The number of ether oxygens (including phenoxy) is 1. The largest absolute Gasteiger partial charge is 0.487 e. The van der Waals surface area contributed by atoms with Gasteiger partial charge in [0.05, 0.1) is 0 Å². The van der Waals surface area contributed by atoms with Gasteiger partial charge in [-0.2, -0.15) is 0 Å². The zero-order valence-corrected chi connectivity index (χ0v) is 13.5. The molecule has 0 saturated carbocycles. The van der Waals surface area contributed by atoms with Crippen molar-refractivity contribution in [2.45, 2.75) is 29.9 Å². The molecule has 2 unspecified atom stereocenters. The lowest BCUT2D eigenvalue weighted by Gasteiger charge is -2.31. The molecule has 112 valence electrons. The van der Waals surface area contributed by atoms with Gasteiger partial charge in [0.1, 0.15) is 21.7 Å². The molecule has 6 heteroatoms. The van der Waals surface area contributed by atoms with Crippen LogP contribution in [0, 0.1) is 0 Å². The van der Waals surface area contributed by atoms with E-state index in [1.807, 2.05) is 25.2 Å². The summed E-state index contributed by atoms with van der Waals surface area (Å²) < 4.78 is 28.4. The van der Waals surface area contributed by atoms with Crippen LogP contribution in [0.4, 0.5) is 0 Å². The highest BCUT2D eigenvalue weighted by Gasteiger charge is 2.27. The molecule has 20 heavy (non-hydrogen) atoms. The molecule has 1 aromatic carbocycles. The van der Waals surface area contributed by atoms with E-state index in [4.69, 9.17) is 4.74 Å². The molecule has 0 fully saturated rings. The molecule has 4 nitrogen and oxygen atoms in total. The van der Waals surface area contributed by atoms with E-state index in [0.29, 0.717) is 6.42 Å². The highest BCUT2D eigenvalue weighted by atomic mass is 32.2. The van der Waals surface area contributed by atoms with Crippen LogP contribution in [0.5, 0.6) is 5.75 Å². The molecule has 0 bridgehead atoms. The van der Waals surface area contributed by atoms with E-state index in [1.165, 1.54) is 11.2 Å². The standard InChI is InChI=1S/C14H21NO3S2/c1-15-11(6-5-9-20(2,16)17)13-10-19-14-8-4-3-7-12(14)18-13/h3-4,7-8,11,13,15H,5-6,9-10H2,1-2H3. The molecule has 0 spiro atoms. The van der Waals surface area contributed by atoms with Gasteiger partial charge in [0.15, 0.2) is 0 Å². The number of sulfone groups is 1. The van der Waals surface area contributed by atoms with Gasteiger partial charge in [0, 0.05) is 28.7 Å². The summed E-state index contributed by atoms with van der Waals surface area (Å²) in [6, 6.07) is 8.21. The highest BCUT2D eigenvalue weighted by Crippen LogP contribution is 2.36. The number of rotatable bonds is 6. The third-order valence-corrected chi connectivity index (χ3v) is 5.55. The Morgan fingerprint density at radius 2 is 2.20 bits per heavy atom. The smallest absolute Gasteiger partial charge is 0.147 e. The number of hydrogen-bond donors (Lipinski definition) is 1. The number of hydrogen-bond acceptors (Lipinski definition) is 5. The molecule has 2 rings (SSSR count). The number of fused-ring (bicyclic) bond motifs is 1. The van der Waals surface area contributed by atoms with Crippen LogP contribution in [0.3, 0.4) is 0 Å². The molecule has 0 amide bonds. The Hall–Kier alpha value is -0.720. The fraction of sp³-hybridized carbons (Fsp3) is 0.571. The maximum Gasteiger partial charge on any atom is 0.147 e. The fourth-order valence-corrected chi connectivity index (χ4v) is 4.08. The number of likely N-dealkylation sites (N-methyl/N-ethyl adjacent to an activating group) is 1. The first-order valence-electron chi connectivity index (χ1n) is 6.73. The van der Waals surface area contributed by atoms with Crippen molar-refractivity contribution in [3.8, 4) is 5.75 Å². The van der Waals surface area contributed by atoms with Gasteiger partial charge in [-0.1, -0.05) is 12.1 Å². The first-order valence-corrected chi connectivity index (χ1v) is 9.77. The summed E-state index contributed by atoms with van der Waals surface area (Å²) in [5.41, 5.74) is 0. The van der Waals surface area contributed by atoms with Gasteiger partial charge in [-0.05, 0) is 32.0 Å². The Bertz CT molecular complexity index is 545. The average molecular weight is 315 g/mol. The minimum Gasteiger partial charge on any atom is -0.487 e. The van der Waals surface area contributed by atoms with Crippen LogP contribution in [-0.4, -0.2) is 45.4 Å². The molecule has 0 radical (unpaired) electrons. The summed E-state index contributed by atoms with van der Waals surface area (Å²) in [5, 5.41) is 3.26. The summed E-state index contributed by atoms with van der Waals surface area (Å²) in [6.45, 7) is 0. The van der Waals surface area contributed by atoms with Crippen molar-refractivity contribution in [1.29, 1.82) is 0 Å². The molecule has 1 N–H and O–H groups in total. The van der Waals surface area contributed by atoms with Crippen LogP contribution < -0.4 is 10.1 Å². The third kappa shape index (κ3) is 4.40. The van der Waals surface area contributed by atoms with Crippen molar-refractivity contribution < 1.29 is 13.2 Å². The van der Waals surface area contributed by atoms with Crippen molar-refractivity contribution in [3.63, 3.8) is 0 Å². The summed E-state index contributed by atoms with van der Waals surface area (Å²) in [5.74, 6) is 2.06. The second kappa shape index (κ2) is 6.83. The average Bonchev–Trinajstić information content (AvgIpc) is 2.42. The lowest BCUT2D eigenvalue weighted by atomic mass is 10.1. The summed E-state index contributed by atoms with van der Waals surface area (Å²) in [7, 11) is -0.979. The van der Waals surface area contributed by atoms with Gasteiger partial charge in [0.2, 0.25) is 0 Å². The molecule has 1 aliphatic rings. The second-order valence-corrected chi connectivity index (χ2v) is 8.40. The lowest BCUT2D eigenvalue weighted by Crippen LogP contribution is -2.44. The first kappa shape index (κ1) is 15.7. The highest BCUT2D eigenvalue weighted by molar-refractivity contribution is 7.99. The van der Waals surface area contributed by atoms with Crippen LogP contribution in [-0.2, 0) is 9.84 Å². The van der Waals surface area contributed by atoms with Crippen LogP contribution in [0.1, 0.15) is 12.8 Å². The van der Waals surface area contributed by atoms with E-state index in [9.17, 15) is 8.42 Å². The van der Waals surface area contributed by atoms with E-state index in [-0.39, 0.29) is 17.9 Å². The van der Waals surface area contributed by atoms with E-state index >= 15 is 0 Å². The lowest BCUT2D eigenvalue weighted by molar-refractivity contribution is 0.164. The minimum absolute atomic E-state index is 0.0828. The monoisotopic (exact) mass is 315 g/mol. The van der Waals surface area contributed by atoms with Crippen LogP contribution in [0.25, 0.3) is 0 Å². The van der Waals surface area contributed by atoms with Gasteiger partial charge >= 0.3 is 0 Å². The number of benzene rings is 1. The molecule has 1 aromatic rings. The second-order valence-electron chi connectivity index (χ2n) is 5.08. The Kier molecular flexibility index (Phi) is 5.35. The maximum atomic E-state index is 11.2. The summed E-state index contributed by atoms with van der Waals surface area (Å²) in [4.78, 5) is 1.18. The topological polar surface area (TPSA) is 55.4 Å². The summed E-state index contributed by atoms with van der Waals surface area (Å²) >= 11 is 1.80. The quantitative estimate of drug-likeness (QED) is 0.869. The van der Waals surface area contributed by atoms with Gasteiger partial charge in [-0.15, -0.1) is 11.8 Å². The zero-order chi connectivity index (χ0) is 14.6. The van der Waals surface area contributed by atoms with E-state index in [1.54, 1.807) is 11.8 Å². The Morgan fingerprint density at radius 3 is 2.90 bits per heavy atom. The number of para-hydroxylation sites is 1. The molecular weight excluding hydrogens is 294 g/mol. The first-order chi connectivity index (χ1) is 9.49. The molecule has 1 heterocycles. The molecule has 0 saturated heterocycles. The van der Waals surface area contributed by atoms with Crippen molar-refractivity contribution in [3.05, 3.63) is 24.3 Å². The van der Waals surface area contributed by atoms with E-state index in [0.717, 1.165) is 17.9 Å². The third-order valence-electron chi connectivity index (χ3n) is 3.38. The van der Waals surface area contributed by atoms with Gasteiger partial charge in [0.25, 0.3) is 0 Å². The van der Waals surface area contributed by atoms with Crippen LogP contribution >= 0.6 is 11.8 Å². The maximum absolute atomic E-state index is 11.2. The zero-order valence-electron chi connectivity index (χ0n) is 11.8. The van der Waals surface area contributed by atoms with Crippen molar-refractivity contribution in [2.24, 2.45) is 0 Å². The molecule has 0 aromatic heterocycles. The predicted octanol–water partition coefficient (Wildman–Crippen LogP) is 1.95. The normalized spacial score (nSPS) is 20.0. The molecule has 2 atom stereocenters. The summed E-state index contributed by atoms with van der Waals surface area (Å²) in [6.07, 6.45) is 2.83. The van der Waals surface area contributed by atoms with Crippen LogP contribution in [0.15, 0.2) is 29.2 Å². The Balaban J connectivity index is 1.93. The van der Waals surface area contributed by atoms with E-state index in [2.05, 4.69) is 11.4 Å². The van der Waals surface area contributed by atoms with Gasteiger partial charge < -0.3 is 10.1 Å². The van der Waals surface area contributed by atoms with E-state index < -0.39 is 9.84 Å². The van der Waals surface area contributed by atoms with Crippen molar-refractivity contribution in [1.82, 2.24) is 5.32 Å². The van der Waals surface area contributed by atoms with Gasteiger partial charge in [-0.3, -0.25) is 0 Å². The minimum atomic E-state index is -2.88. The van der Waals surface area contributed by atoms with Crippen LogP contribution in [0.2, 0.25) is 0 Å². The number of thioether (sulfide) groups is 1. The fourth-order valence-electron chi connectivity index (χ4n) is 2.32. The number of nitrogens with one attached hydrogen (secondary N) is 1. The predicted molar refractivity (Wildman–Crippen MR) is 83.4 cm³/mol. The van der Waals surface area contributed by atoms with Crippen molar-refractivity contribution >= 4 is 21.6 Å². The molecule has 0 aliphatic carbocycles. The SMILES string of the molecule is CNC(CCCS(C)(=O)=O)C1CSc2ccccc2O1. The molecule has 1 aliphatic heterocycles. The van der Waals surface area contributed by atoms with Crippen molar-refractivity contribution in [2.75, 3.05) is 24.8 Å². The Labute approximate surface area is 125 Å². The van der Waals surface area contributed by atoms with Gasteiger partial charge in [-0.25, -0.2) is 8.42 Å². The Morgan fingerprint density at radius 1 is 1.45 bits per heavy atom. The molecular formula is C14H21NO3S2.